The van der Waals surface area contributed by atoms with E-state index in [2.05, 4.69) is 4.98 Å². The van der Waals surface area contributed by atoms with Crippen LogP contribution in [0.3, 0.4) is 0 Å². The monoisotopic (exact) mass is 267 g/mol. The number of aromatic nitrogens is 1. The summed E-state index contributed by atoms with van der Waals surface area (Å²) < 4.78 is 23.9. The molecule has 5 heteroatoms. The van der Waals surface area contributed by atoms with E-state index in [1.54, 1.807) is 24.3 Å². The molecule has 0 aliphatic rings. The van der Waals surface area contributed by atoms with Crippen molar-refractivity contribution in [2.45, 2.75) is 6.61 Å². The zero-order valence-corrected chi connectivity index (χ0v) is 10.4. The normalized spacial score (nSPS) is 10.2. The van der Waals surface area contributed by atoms with Gasteiger partial charge in [0.15, 0.2) is 0 Å². The van der Waals surface area contributed by atoms with Crippen LogP contribution in [0.25, 0.3) is 0 Å². The van der Waals surface area contributed by atoms with Crippen molar-refractivity contribution in [2.75, 3.05) is 7.11 Å². The number of methoxy groups -OCH3 is 1. The van der Waals surface area contributed by atoms with Crippen molar-refractivity contribution in [3.63, 3.8) is 0 Å². The maximum Gasteiger partial charge on any atom is 0.138 e. The summed E-state index contributed by atoms with van der Waals surface area (Å²) in [5, 5.41) is 0.387. The number of ether oxygens (including phenoxy) is 2. The highest BCUT2D eigenvalue weighted by Crippen LogP contribution is 2.19. The predicted molar refractivity (Wildman–Crippen MR) is 66.5 cm³/mol. The molecule has 1 aromatic carbocycles. The van der Waals surface area contributed by atoms with Gasteiger partial charge in [-0.25, -0.2) is 9.37 Å². The van der Waals surface area contributed by atoms with Gasteiger partial charge < -0.3 is 9.47 Å². The summed E-state index contributed by atoms with van der Waals surface area (Å²) >= 11 is 5.65. The largest absolute Gasteiger partial charge is 0.497 e. The van der Waals surface area contributed by atoms with Crippen molar-refractivity contribution in [3.05, 3.63) is 53.1 Å². The van der Waals surface area contributed by atoms with Crippen LogP contribution in [0.5, 0.6) is 11.5 Å². The maximum atomic E-state index is 13.6. The van der Waals surface area contributed by atoms with Crippen molar-refractivity contribution in [3.8, 4) is 11.5 Å². The van der Waals surface area contributed by atoms with Gasteiger partial charge in [-0.15, -0.1) is 0 Å². The minimum absolute atomic E-state index is 0.124. The van der Waals surface area contributed by atoms with E-state index in [1.807, 2.05) is 0 Å². The van der Waals surface area contributed by atoms with Gasteiger partial charge in [0.25, 0.3) is 0 Å². The Morgan fingerprint density at radius 2 is 2.00 bits per heavy atom. The Labute approximate surface area is 109 Å². The lowest BCUT2D eigenvalue weighted by Gasteiger charge is -2.08. The fraction of sp³-hybridized carbons (Fsp3) is 0.154. The maximum absolute atomic E-state index is 13.6. The molecule has 94 valence electrons. The predicted octanol–water partition coefficient (Wildman–Crippen LogP) is 3.46. The first-order chi connectivity index (χ1) is 8.69. The van der Waals surface area contributed by atoms with E-state index in [4.69, 9.17) is 21.1 Å². The standard InChI is InChI=1S/C13H11ClFNO2/c1-17-10-3-2-9(12(15)6-10)8-18-11-4-5-13(14)16-7-11/h2-7H,8H2,1H3. The first-order valence-corrected chi connectivity index (χ1v) is 5.63. The average molecular weight is 268 g/mol. The first kappa shape index (κ1) is 12.6. The smallest absolute Gasteiger partial charge is 0.138 e. The number of pyridine rings is 1. The fourth-order valence-electron chi connectivity index (χ4n) is 1.38. The fourth-order valence-corrected chi connectivity index (χ4v) is 1.49. The average Bonchev–Trinajstić information content (AvgIpc) is 2.39. The third kappa shape index (κ3) is 3.11. The number of halogens is 2. The molecule has 0 radical (unpaired) electrons. The van der Waals surface area contributed by atoms with Crippen LogP contribution in [0, 0.1) is 5.82 Å². The van der Waals surface area contributed by atoms with Crippen LogP contribution in [0.4, 0.5) is 4.39 Å². The molecule has 0 amide bonds. The molecule has 2 aromatic rings. The Morgan fingerprint density at radius 3 is 2.61 bits per heavy atom. The lowest BCUT2D eigenvalue weighted by atomic mass is 10.2. The molecular formula is C13H11ClFNO2. The van der Waals surface area contributed by atoms with Crippen LogP contribution >= 0.6 is 11.6 Å². The summed E-state index contributed by atoms with van der Waals surface area (Å²) in [4.78, 5) is 3.87. The molecule has 3 nitrogen and oxygen atoms in total. The second-order valence-corrected chi connectivity index (χ2v) is 3.95. The Hall–Kier alpha value is -1.81. The van der Waals surface area contributed by atoms with E-state index in [1.165, 1.54) is 19.4 Å². The molecule has 1 aromatic heterocycles. The van der Waals surface area contributed by atoms with Gasteiger partial charge in [0.1, 0.15) is 29.1 Å². The summed E-state index contributed by atoms with van der Waals surface area (Å²) in [5.74, 6) is 0.648. The van der Waals surface area contributed by atoms with E-state index in [-0.39, 0.29) is 12.4 Å². The van der Waals surface area contributed by atoms with Gasteiger partial charge >= 0.3 is 0 Å². The highest BCUT2D eigenvalue weighted by Gasteiger charge is 2.05. The second kappa shape index (κ2) is 5.69. The van der Waals surface area contributed by atoms with E-state index >= 15 is 0 Å². The topological polar surface area (TPSA) is 31.4 Å². The summed E-state index contributed by atoms with van der Waals surface area (Å²) in [6.45, 7) is 0.124. The Bertz CT molecular complexity index is 531. The second-order valence-electron chi connectivity index (χ2n) is 3.56. The lowest BCUT2D eigenvalue weighted by Crippen LogP contribution is -1.99. The third-order valence-corrected chi connectivity index (χ3v) is 2.58. The van der Waals surface area contributed by atoms with Crippen molar-refractivity contribution in [1.29, 1.82) is 0 Å². The van der Waals surface area contributed by atoms with Crippen molar-refractivity contribution in [2.24, 2.45) is 0 Å². The summed E-state index contributed by atoms with van der Waals surface area (Å²) in [6.07, 6.45) is 1.49. The van der Waals surface area contributed by atoms with Gasteiger partial charge in [-0.3, -0.25) is 0 Å². The molecule has 1 heterocycles. The molecule has 0 saturated carbocycles. The van der Waals surface area contributed by atoms with Crippen LogP contribution in [0.2, 0.25) is 5.15 Å². The number of nitrogens with zero attached hydrogens (tertiary/aromatic N) is 1. The SMILES string of the molecule is COc1ccc(COc2ccc(Cl)nc2)c(F)c1. The van der Waals surface area contributed by atoms with Gasteiger partial charge in [0, 0.05) is 11.6 Å². The van der Waals surface area contributed by atoms with Crippen molar-refractivity contribution in [1.82, 2.24) is 4.98 Å². The van der Waals surface area contributed by atoms with E-state index < -0.39 is 0 Å². The van der Waals surface area contributed by atoms with E-state index in [0.717, 1.165) is 0 Å². The van der Waals surface area contributed by atoms with Gasteiger partial charge in [-0.2, -0.15) is 0 Å². The van der Waals surface area contributed by atoms with Crippen LogP contribution < -0.4 is 9.47 Å². The van der Waals surface area contributed by atoms with Gasteiger partial charge in [-0.1, -0.05) is 11.6 Å². The number of rotatable bonds is 4. The van der Waals surface area contributed by atoms with Gasteiger partial charge in [-0.05, 0) is 24.3 Å². The Kier molecular flexibility index (Phi) is 3.99. The first-order valence-electron chi connectivity index (χ1n) is 5.26. The zero-order chi connectivity index (χ0) is 13.0. The molecule has 0 bridgehead atoms. The van der Waals surface area contributed by atoms with Crippen molar-refractivity contribution >= 4 is 11.6 Å². The molecule has 0 unspecified atom stereocenters. The van der Waals surface area contributed by atoms with Crippen LogP contribution in [-0.2, 0) is 6.61 Å². The van der Waals surface area contributed by atoms with Crippen LogP contribution in [0.15, 0.2) is 36.5 Å². The molecule has 0 aliphatic carbocycles. The molecule has 0 atom stereocenters. The lowest BCUT2D eigenvalue weighted by molar-refractivity contribution is 0.298. The molecule has 18 heavy (non-hydrogen) atoms. The zero-order valence-electron chi connectivity index (χ0n) is 9.69. The summed E-state index contributed by atoms with van der Waals surface area (Å²) in [6, 6.07) is 7.91. The molecule has 2 rings (SSSR count). The summed E-state index contributed by atoms with van der Waals surface area (Å²) in [5.41, 5.74) is 0.450. The third-order valence-electron chi connectivity index (χ3n) is 2.35. The molecule has 0 N–H and O–H groups in total. The van der Waals surface area contributed by atoms with Crippen LogP contribution in [-0.4, -0.2) is 12.1 Å². The van der Waals surface area contributed by atoms with Gasteiger partial charge in [0.2, 0.25) is 0 Å². The molecule has 0 fully saturated rings. The Morgan fingerprint density at radius 1 is 1.22 bits per heavy atom. The molecule has 0 spiro atoms. The number of benzene rings is 1. The molecule has 0 aliphatic heterocycles. The van der Waals surface area contributed by atoms with Crippen LogP contribution in [0.1, 0.15) is 5.56 Å². The highest BCUT2D eigenvalue weighted by molar-refractivity contribution is 6.29. The highest BCUT2D eigenvalue weighted by atomic mass is 35.5. The number of hydrogen-bond acceptors (Lipinski definition) is 3. The minimum atomic E-state index is -0.365. The van der Waals surface area contributed by atoms with E-state index in [0.29, 0.717) is 22.2 Å². The number of hydrogen-bond donors (Lipinski definition) is 0. The molecular weight excluding hydrogens is 257 g/mol. The van der Waals surface area contributed by atoms with Crippen molar-refractivity contribution < 1.29 is 13.9 Å². The Balaban J connectivity index is 2.04. The summed E-state index contributed by atoms with van der Waals surface area (Å²) in [7, 11) is 1.49. The molecule has 0 saturated heterocycles. The van der Waals surface area contributed by atoms with Gasteiger partial charge in [0.05, 0.1) is 13.3 Å². The quantitative estimate of drug-likeness (QED) is 0.795. The van der Waals surface area contributed by atoms with E-state index in [9.17, 15) is 4.39 Å². The minimum Gasteiger partial charge on any atom is -0.497 e.